The van der Waals surface area contributed by atoms with Crippen molar-refractivity contribution >= 4 is 10.9 Å². The van der Waals surface area contributed by atoms with E-state index in [9.17, 15) is 0 Å². The Labute approximate surface area is 112 Å². The van der Waals surface area contributed by atoms with Crippen molar-refractivity contribution in [3.63, 3.8) is 0 Å². The molecule has 3 aromatic rings. The summed E-state index contributed by atoms with van der Waals surface area (Å²) < 4.78 is 7.61. The van der Waals surface area contributed by atoms with Gasteiger partial charge < -0.3 is 9.30 Å². The number of aromatic nitrogens is 2. The van der Waals surface area contributed by atoms with Crippen LogP contribution < -0.4 is 4.74 Å². The van der Waals surface area contributed by atoms with Gasteiger partial charge in [-0.2, -0.15) is 0 Å². The van der Waals surface area contributed by atoms with Gasteiger partial charge in [-0.25, -0.2) is 4.98 Å². The van der Waals surface area contributed by atoms with E-state index in [4.69, 9.17) is 4.74 Å². The highest BCUT2D eigenvalue weighted by Crippen LogP contribution is 2.27. The van der Waals surface area contributed by atoms with Gasteiger partial charge in [0.25, 0.3) is 0 Å². The van der Waals surface area contributed by atoms with Crippen LogP contribution in [-0.4, -0.2) is 16.7 Å². The molecule has 0 radical (unpaired) electrons. The van der Waals surface area contributed by atoms with Gasteiger partial charge in [-0.05, 0) is 24.6 Å². The van der Waals surface area contributed by atoms with Gasteiger partial charge in [-0.15, -0.1) is 0 Å². The molecule has 0 amide bonds. The standard InChI is InChI=1S/C16H16N2O/c1-12-10-14-15(8-9-17-16(14)19-2)18(12)11-13-6-4-3-5-7-13/h3-10H,11H2,1-2H3. The maximum atomic E-state index is 5.32. The molecule has 19 heavy (non-hydrogen) atoms. The molecule has 3 rings (SSSR count). The lowest BCUT2D eigenvalue weighted by molar-refractivity contribution is 0.403. The Morgan fingerprint density at radius 1 is 1.16 bits per heavy atom. The van der Waals surface area contributed by atoms with Gasteiger partial charge in [0.05, 0.1) is 18.0 Å². The minimum atomic E-state index is 0.687. The van der Waals surface area contributed by atoms with E-state index in [-0.39, 0.29) is 0 Å². The molecule has 0 saturated heterocycles. The number of rotatable bonds is 3. The Balaban J connectivity index is 2.11. The first-order valence-electron chi connectivity index (χ1n) is 6.32. The molecule has 0 aliphatic rings. The molecule has 2 aromatic heterocycles. The third-order valence-corrected chi connectivity index (χ3v) is 3.38. The largest absolute Gasteiger partial charge is 0.481 e. The number of fused-ring (bicyclic) bond motifs is 1. The molecule has 0 bridgehead atoms. The molecule has 0 spiro atoms. The second-order valence-electron chi connectivity index (χ2n) is 4.61. The van der Waals surface area contributed by atoms with E-state index in [1.54, 1.807) is 13.3 Å². The number of hydrogen-bond donors (Lipinski definition) is 0. The molecule has 0 unspecified atom stereocenters. The van der Waals surface area contributed by atoms with Crippen molar-refractivity contribution in [2.45, 2.75) is 13.5 Å². The van der Waals surface area contributed by atoms with E-state index >= 15 is 0 Å². The van der Waals surface area contributed by atoms with E-state index < -0.39 is 0 Å². The normalized spacial score (nSPS) is 10.8. The van der Waals surface area contributed by atoms with Crippen molar-refractivity contribution in [3.8, 4) is 5.88 Å². The lowest BCUT2D eigenvalue weighted by Crippen LogP contribution is -2.01. The van der Waals surface area contributed by atoms with E-state index in [0.29, 0.717) is 5.88 Å². The quantitative estimate of drug-likeness (QED) is 0.714. The first-order chi connectivity index (χ1) is 9.29. The second kappa shape index (κ2) is 4.76. The van der Waals surface area contributed by atoms with Crippen LogP contribution in [0.3, 0.4) is 0 Å². The van der Waals surface area contributed by atoms with Gasteiger partial charge in [-0.1, -0.05) is 30.3 Å². The SMILES string of the molecule is COc1nccc2c1cc(C)n2Cc1ccccc1. The molecule has 0 fully saturated rings. The summed E-state index contributed by atoms with van der Waals surface area (Å²) in [6.07, 6.45) is 1.79. The fraction of sp³-hybridized carbons (Fsp3) is 0.188. The van der Waals surface area contributed by atoms with E-state index in [0.717, 1.165) is 17.4 Å². The van der Waals surface area contributed by atoms with Gasteiger partial charge in [-0.3, -0.25) is 0 Å². The lowest BCUT2D eigenvalue weighted by atomic mass is 10.2. The number of pyridine rings is 1. The summed E-state index contributed by atoms with van der Waals surface area (Å²) in [4.78, 5) is 4.25. The fourth-order valence-corrected chi connectivity index (χ4v) is 2.43. The Hall–Kier alpha value is -2.29. The predicted octanol–water partition coefficient (Wildman–Crippen LogP) is 3.40. The Bertz CT molecular complexity index is 701. The molecule has 0 N–H and O–H groups in total. The van der Waals surface area contributed by atoms with Crippen molar-refractivity contribution in [2.75, 3.05) is 7.11 Å². The van der Waals surface area contributed by atoms with Crippen molar-refractivity contribution < 1.29 is 4.74 Å². The van der Waals surface area contributed by atoms with Crippen molar-refractivity contribution in [3.05, 3.63) is 59.9 Å². The number of nitrogens with zero attached hydrogens (tertiary/aromatic N) is 2. The summed E-state index contributed by atoms with van der Waals surface area (Å²) in [7, 11) is 1.66. The zero-order valence-corrected chi connectivity index (χ0v) is 11.1. The van der Waals surface area contributed by atoms with Gasteiger partial charge in [0, 0.05) is 18.4 Å². The number of ether oxygens (including phenoxy) is 1. The molecule has 3 heteroatoms. The topological polar surface area (TPSA) is 27.1 Å². The summed E-state index contributed by atoms with van der Waals surface area (Å²) >= 11 is 0. The highest BCUT2D eigenvalue weighted by molar-refractivity contribution is 5.85. The molecule has 96 valence electrons. The number of aryl methyl sites for hydroxylation is 1. The van der Waals surface area contributed by atoms with Gasteiger partial charge >= 0.3 is 0 Å². The van der Waals surface area contributed by atoms with E-state index in [1.165, 1.54) is 11.3 Å². The van der Waals surface area contributed by atoms with Crippen LogP contribution in [0.25, 0.3) is 10.9 Å². The van der Waals surface area contributed by atoms with Gasteiger partial charge in [0.15, 0.2) is 0 Å². The number of benzene rings is 1. The first-order valence-corrected chi connectivity index (χ1v) is 6.32. The molecule has 0 aliphatic carbocycles. The molecule has 1 aromatic carbocycles. The van der Waals surface area contributed by atoms with Crippen LogP contribution in [0.1, 0.15) is 11.3 Å². The zero-order valence-electron chi connectivity index (χ0n) is 11.1. The molecular weight excluding hydrogens is 236 g/mol. The lowest BCUT2D eigenvalue weighted by Gasteiger charge is -2.08. The van der Waals surface area contributed by atoms with Crippen LogP contribution in [0.2, 0.25) is 0 Å². The van der Waals surface area contributed by atoms with Gasteiger partial charge in [0.1, 0.15) is 0 Å². The Morgan fingerprint density at radius 3 is 2.68 bits per heavy atom. The maximum absolute atomic E-state index is 5.32. The van der Waals surface area contributed by atoms with Crippen LogP contribution >= 0.6 is 0 Å². The predicted molar refractivity (Wildman–Crippen MR) is 76.6 cm³/mol. The smallest absolute Gasteiger partial charge is 0.222 e. The Kier molecular flexibility index (Phi) is 2.95. The second-order valence-corrected chi connectivity index (χ2v) is 4.61. The number of methoxy groups -OCH3 is 1. The number of hydrogen-bond acceptors (Lipinski definition) is 2. The highest BCUT2D eigenvalue weighted by atomic mass is 16.5. The van der Waals surface area contributed by atoms with Crippen molar-refractivity contribution in [1.82, 2.24) is 9.55 Å². The summed E-state index contributed by atoms with van der Waals surface area (Å²) in [5.41, 5.74) is 3.66. The maximum Gasteiger partial charge on any atom is 0.222 e. The van der Waals surface area contributed by atoms with Crippen molar-refractivity contribution in [2.24, 2.45) is 0 Å². The highest BCUT2D eigenvalue weighted by Gasteiger charge is 2.10. The zero-order chi connectivity index (χ0) is 13.2. The van der Waals surface area contributed by atoms with Crippen LogP contribution in [-0.2, 0) is 6.54 Å². The summed E-state index contributed by atoms with van der Waals surface area (Å²) in [6, 6.07) is 14.6. The van der Waals surface area contributed by atoms with Crippen LogP contribution in [0.4, 0.5) is 0 Å². The first kappa shape index (κ1) is 11.8. The summed E-state index contributed by atoms with van der Waals surface area (Å²) in [5, 5.41) is 1.07. The molecule has 0 atom stereocenters. The molecule has 0 saturated carbocycles. The van der Waals surface area contributed by atoms with Crippen LogP contribution in [0, 0.1) is 6.92 Å². The summed E-state index contributed by atoms with van der Waals surface area (Å²) in [6.45, 7) is 2.98. The Morgan fingerprint density at radius 2 is 1.95 bits per heavy atom. The minimum Gasteiger partial charge on any atom is -0.481 e. The molecule has 2 heterocycles. The van der Waals surface area contributed by atoms with E-state index in [1.807, 2.05) is 12.1 Å². The average molecular weight is 252 g/mol. The average Bonchev–Trinajstić information content (AvgIpc) is 2.76. The van der Waals surface area contributed by atoms with Crippen LogP contribution in [0.15, 0.2) is 48.7 Å². The minimum absolute atomic E-state index is 0.687. The monoisotopic (exact) mass is 252 g/mol. The van der Waals surface area contributed by atoms with Crippen LogP contribution in [0.5, 0.6) is 5.88 Å². The van der Waals surface area contributed by atoms with E-state index in [2.05, 4.69) is 46.8 Å². The molecular formula is C16H16N2O. The molecule has 0 aliphatic heterocycles. The summed E-state index contributed by atoms with van der Waals surface area (Å²) in [5.74, 6) is 0.687. The third kappa shape index (κ3) is 2.08. The third-order valence-electron chi connectivity index (χ3n) is 3.38. The van der Waals surface area contributed by atoms with Crippen molar-refractivity contribution in [1.29, 1.82) is 0 Å². The molecule has 3 nitrogen and oxygen atoms in total. The fourth-order valence-electron chi connectivity index (χ4n) is 2.43. The van der Waals surface area contributed by atoms with Gasteiger partial charge in [0.2, 0.25) is 5.88 Å².